The summed E-state index contributed by atoms with van der Waals surface area (Å²) in [5.41, 5.74) is 16.5. The fraction of sp³-hybridized carbons (Fsp3) is 0. The summed E-state index contributed by atoms with van der Waals surface area (Å²) < 4.78 is 0. The highest BCUT2D eigenvalue weighted by atomic mass is 15.2. The first-order valence-corrected chi connectivity index (χ1v) is 21.7. The first-order chi connectivity index (χ1) is 31.7. The van der Waals surface area contributed by atoms with E-state index in [0.717, 1.165) is 84.8 Å². The van der Waals surface area contributed by atoms with Crippen LogP contribution in [0.5, 0.6) is 0 Å². The predicted octanol–water partition coefficient (Wildman–Crippen LogP) is 17.2. The van der Waals surface area contributed by atoms with Gasteiger partial charge in [0.15, 0.2) is 0 Å². The molecule has 64 heavy (non-hydrogen) atoms. The van der Waals surface area contributed by atoms with Gasteiger partial charge >= 0.3 is 0 Å². The zero-order valence-corrected chi connectivity index (χ0v) is 35.3. The smallest absolute Gasteiger partial charge is 0.0469 e. The molecule has 0 bridgehead atoms. The average molecular weight is 823 g/mol. The van der Waals surface area contributed by atoms with Gasteiger partial charge < -0.3 is 20.0 Å². The minimum absolute atomic E-state index is 1.04. The standard InChI is InChI=1S/C60H46N4/c1-7-19-49(20-8-1)61-60-44-43-58(64(53-27-15-5-16-28-53)54-29-17-6-18-30-54)45-59(60)48-33-31-46(32-34-48)47-35-37-55(38-36-47)63(52-25-13-4-14-26-52)57-41-39-56(40-42-57)62(50-21-9-2-10-22-50)51-23-11-3-12-24-51/h1-45,61H. The summed E-state index contributed by atoms with van der Waals surface area (Å²) >= 11 is 0. The van der Waals surface area contributed by atoms with Crippen LogP contribution in [0.2, 0.25) is 0 Å². The largest absolute Gasteiger partial charge is 0.355 e. The van der Waals surface area contributed by atoms with Gasteiger partial charge in [0.25, 0.3) is 0 Å². The molecule has 1 N–H and O–H groups in total. The van der Waals surface area contributed by atoms with E-state index in [1.54, 1.807) is 0 Å². The second kappa shape index (κ2) is 18.6. The van der Waals surface area contributed by atoms with Crippen molar-refractivity contribution in [3.05, 3.63) is 273 Å². The van der Waals surface area contributed by atoms with Crippen molar-refractivity contribution in [2.45, 2.75) is 0 Å². The first kappa shape index (κ1) is 39.5. The summed E-state index contributed by atoms with van der Waals surface area (Å²) in [6.45, 7) is 0. The van der Waals surface area contributed by atoms with Crippen LogP contribution in [0, 0.1) is 0 Å². The van der Waals surface area contributed by atoms with E-state index in [9.17, 15) is 0 Å². The summed E-state index contributed by atoms with van der Waals surface area (Å²) in [6.07, 6.45) is 0. The van der Waals surface area contributed by atoms with Crippen molar-refractivity contribution in [3.8, 4) is 22.3 Å². The number of para-hydroxylation sites is 6. The molecular weight excluding hydrogens is 777 g/mol. The normalized spacial score (nSPS) is 10.8. The molecule has 0 aliphatic rings. The summed E-state index contributed by atoms with van der Waals surface area (Å²) in [6, 6.07) is 96.4. The molecule has 10 aromatic carbocycles. The molecule has 0 aromatic heterocycles. The fourth-order valence-electron chi connectivity index (χ4n) is 8.32. The third-order valence-corrected chi connectivity index (χ3v) is 11.4. The van der Waals surface area contributed by atoms with Gasteiger partial charge in [-0.1, -0.05) is 146 Å². The summed E-state index contributed by atoms with van der Waals surface area (Å²) in [7, 11) is 0. The number of rotatable bonds is 13. The number of hydrogen-bond donors (Lipinski definition) is 1. The van der Waals surface area contributed by atoms with Crippen LogP contribution in [0.3, 0.4) is 0 Å². The van der Waals surface area contributed by atoms with E-state index in [-0.39, 0.29) is 0 Å². The molecule has 0 heterocycles. The Hall–Kier alpha value is -8.60. The first-order valence-electron chi connectivity index (χ1n) is 21.7. The van der Waals surface area contributed by atoms with Crippen molar-refractivity contribution < 1.29 is 0 Å². The van der Waals surface area contributed by atoms with Gasteiger partial charge in [0, 0.05) is 68.1 Å². The maximum atomic E-state index is 3.70. The van der Waals surface area contributed by atoms with Gasteiger partial charge in [0.2, 0.25) is 0 Å². The van der Waals surface area contributed by atoms with E-state index >= 15 is 0 Å². The second-order valence-corrected chi connectivity index (χ2v) is 15.5. The van der Waals surface area contributed by atoms with Crippen LogP contribution in [-0.4, -0.2) is 0 Å². The van der Waals surface area contributed by atoms with Crippen molar-refractivity contribution in [1.82, 2.24) is 0 Å². The predicted molar refractivity (Wildman–Crippen MR) is 271 cm³/mol. The number of hydrogen-bond acceptors (Lipinski definition) is 4. The van der Waals surface area contributed by atoms with Crippen molar-refractivity contribution in [2.75, 3.05) is 20.0 Å². The molecular formula is C60H46N4. The average Bonchev–Trinajstić information content (AvgIpc) is 3.37. The quantitative estimate of drug-likeness (QED) is 0.125. The Labute approximate surface area is 376 Å². The molecule has 0 radical (unpaired) electrons. The highest BCUT2D eigenvalue weighted by Gasteiger charge is 2.18. The van der Waals surface area contributed by atoms with Crippen molar-refractivity contribution >= 4 is 62.6 Å². The van der Waals surface area contributed by atoms with Crippen molar-refractivity contribution in [1.29, 1.82) is 0 Å². The lowest BCUT2D eigenvalue weighted by atomic mass is 9.98. The van der Waals surface area contributed by atoms with E-state index in [2.05, 4.69) is 287 Å². The number of nitrogens with one attached hydrogen (secondary N) is 1. The van der Waals surface area contributed by atoms with Gasteiger partial charge in [-0.25, -0.2) is 0 Å². The van der Waals surface area contributed by atoms with Gasteiger partial charge in [-0.05, 0) is 144 Å². The summed E-state index contributed by atoms with van der Waals surface area (Å²) in [4.78, 5) is 6.91. The van der Waals surface area contributed by atoms with Gasteiger partial charge in [0.05, 0.1) is 0 Å². The van der Waals surface area contributed by atoms with Crippen LogP contribution in [-0.2, 0) is 0 Å². The van der Waals surface area contributed by atoms with E-state index in [4.69, 9.17) is 0 Å². The van der Waals surface area contributed by atoms with Gasteiger partial charge in [0.1, 0.15) is 0 Å². The molecule has 0 amide bonds. The molecule has 0 spiro atoms. The monoisotopic (exact) mass is 822 g/mol. The molecule has 4 nitrogen and oxygen atoms in total. The molecule has 10 aromatic rings. The summed E-state index contributed by atoms with van der Waals surface area (Å²) in [5, 5.41) is 3.70. The van der Waals surface area contributed by atoms with Crippen LogP contribution in [0.15, 0.2) is 273 Å². The van der Waals surface area contributed by atoms with E-state index < -0.39 is 0 Å². The SMILES string of the molecule is c1ccc(Nc2ccc(N(c3ccccc3)c3ccccc3)cc2-c2ccc(-c3ccc(N(c4ccccc4)c4ccc(N(c5ccccc5)c5ccccc5)cc4)cc3)cc2)cc1. The topological polar surface area (TPSA) is 21.8 Å². The maximum Gasteiger partial charge on any atom is 0.0469 e. The van der Waals surface area contributed by atoms with Crippen LogP contribution in [0.25, 0.3) is 22.3 Å². The Morgan fingerprint density at radius 1 is 0.219 bits per heavy atom. The molecule has 0 fully saturated rings. The lowest BCUT2D eigenvalue weighted by Crippen LogP contribution is -2.12. The molecule has 0 aliphatic heterocycles. The molecule has 10 rings (SSSR count). The van der Waals surface area contributed by atoms with Crippen molar-refractivity contribution in [2.24, 2.45) is 0 Å². The number of anilines is 11. The van der Waals surface area contributed by atoms with E-state index in [1.807, 2.05) is 6.07 Å². The van der Waals surface area contributed by atoms with E-state index in [1.165, 1.54) is 0 Å². The lowest BCUT2D eigenvalue weighted by molar-refractivity contribution is 1.26. The van der Waals surface area contributed by atoms with Gasteiger partial charge in [-0.15, -0.1) is 0 Å². The second-order valence-electron chi connectivity index (χ2n) is 15.5. The molecule has 4 heteroatoms. The molecule has 0 unspecified atom stereocenters. The lowest BCUT2D eigenvalue weighted by Gasteiger charge is -2.28. The van der Waals surface area contributed by atoms with Gasteiger partial charge in [-0.2, -0.15) is 0 Å². The Balaban J connectivity index is 0.966. The Kier molecular flexibility index (Phi) is 11.5. The third kappa shape index (κ3) is 8.62. The molecule has 0 aliphatic carbocycles. The van der Waals surface area contributed by atoms with E-state index in [0.29, 0.717) is 0 Å². The zero-order chi connectivity index (χ0) is 42.9. The minimum atomic E-state index is 1.04. The Morgan fingerprint density at radius 3 is 0.859 bits per heavy atom. The zero-order valence-electron chi connectivity index (χ0n) is 35.3. The van der Waals surface area contributed by atoms with Crippen LogP contribution in [0.4, 0.5) is 62.6 Å². The van der Waals surface area contributed by atoms with Crippen LogP contribution in [0.1, 0.15) is 0 Å². The van der Waals surface area contributed by atoms with Crippen LogP contribution >= 0.6 is 0 Å². The molecule has 306 valence electrons. The number of nitrogens with zero attached hydrogens (tertiary/aromatic N) is 3. The fourth-order valence-corrected chi connectivity index (χ4v) is 8.32. The summed E-state index contributed by atoms with van der Waals surface area (Å²) in [5.74, 6) is 0. The Bertz CT molecular complexity index is 2940. The highest BCUT2D eigenvalue weighted by Crippen LogP contribution is 2.42. The number of benzene rings is 10. The third-order valence-electron chi connectivity index (χ3n) is 11.4. The molecule has 0 atom stereocenters. The molecule has 0 saturated heterocycles. The van der Waals surface area contributed by atoms with Gasteiger partial charge in [-0.3, -0.25) is 0 Å². The minimum Gasteiger partial charge on any atom is -0.355 e. The highest BCUT2D eigenvalue weighted by molar-refractivity contribution is 5.88. The van der Waals surface area contributed by atoms with Crippen molar-refractivity contribution in [3.63, 3.8) is 0 Å². The Morgan fingerprint density at radius 2 is 0.484 bits per heavy atom. The maximum absolute atomic E-state index is 3.70. The van der Waals surface area contributed by atoms with Crippen LogP contribution < -0.4 is 20.0 Å². The molecule has 0 saturated carbocycles.